The molecule has 1 N–H and O–H groups in total. The van der Waals surface area contributed by atoms with E-state index in [1.165, 1.54) is 4.68 Å². The Morgan fingerprint density at radius 2 is 2.18 bits per heavy atom. The molecule has 0 radical (unpaired) electrons. The van der Waals surface area contributed by atoms with E-state index in [4.69, 9.17) is 11.6 Å². The van der Waals surface area contributed by atoms with Gasteiger partial charge in [0.2, 0.25) is 5.28 Å². The van der Waals surface area contributed by atoms with Crippen molar-refractivity contribution in [2.24, 2.45) is 0 Å². The van der Waals surface area contributed by atoms with Crippen LogP contribution in [0.5, 0.6) is 0 Å². The highest BCUT2D eigenvalue weighted by molar-refractivity contribution is 6.28. The first-order valence-corrected chi connectivity index (χ1v) is 3.33. The lowest BCUT2D eigenvalue weighted by Gasteiger charge is -2.04. The molecule has 0 aliphatic rings. The Bertz CT molecular complexity index is 278. The summed E-state index contributed by atoms with van der Waals surface area (Å²) in [6.07, 6.45) is 0. The van der Waals surface area contributed by atoms with Gasteiger partial charge in [0.15, 0.2) is 0 Å². The molecule has 0 aromatic carbocycles. The second-order valence-corrected chi connectivity index (χ2v) is 2.60. The largest absolute Gasteiger partial charge is 0.362 e. The summed E-state index contributed by atoms with van der Waals surface area (Å²) in [4.78, 5) is 14.0. The molecule has 0 atom stereocenters. The number of halogens is 2. The van der Waals surface area contributed by atoms with Crippen LogP contribution in [-0.2, 0) is 0 Å². The predicted octanol–water partition coefficient (Wildman–Crippen LogP) is 1.23. The summed E-state index contributed by atoms with van der Waals surface area (Å²) in [5.74, 6) is 0. The molecule has 6 heteroatoms. The lowest BCUT2D eigenvalue weighted by atomic mass is 10.4. The van der Waals surface area contributed by atoms with Crippen molar-refractivity contribution < 1.29 is 0 Å². The van der Waals surface area contributed by atoms with Gasteiger partial charge in [0.05, 0.1) is 0 Å². The van der Waals surface area contributed by atoms with E-state index in [0.29, 0.717) is 0 Å². The molecule has 0 bridgehead atoms. The van der Waals surface area contributed by atoms with Crippen molar-refractivity contribution in [2.45, 2.75) is 19.9 Å². The van der Waals surface area contributed by atoms with Crippen LogP contribution < -0.4 is 5.69 Å². The zero-order valence-electron chi connectivity index (χ0n) is 6.17. The maximum atomic E-state index is 10.5. The third-order valence-corrected chi connectivity index (χ3v) is 1.39. The molecule has 11 heavy (non-hydrogen) atoms. The zero-order valence-corrected chi connectivity index (χ0v) is 7.74. The van der Waals surface area contributed by atoms with Crippen LogP contribution in [0, 0.1) is 0 Å². The van der Waals surface area contributed by atoms with Gasteiger partial charge in [-0.3, -0.25) is 4.68 Å². The third kappa shape index (κ3) is 2.24. The maximum Gasteiger partial charge on any atom is 0.362 e. The Labute approximate surface area is 75.0 Å². The third-order valence-electron chi connectivity index (χ3n) is 1.13. The smallest absolute Gasteiger partial charge is 0.254 e. The highest BCUT2D eigenvalue weighted by Crippen LogP contribution is 2.06. The maximum absolute atomic E-state index is 10.5. The van der Waals surface area contributed by atoms with Gasteiger partial charge >= 0.3 is 5.69 Å². The Balaban J connectivity index is 0.000001000. The Morgan fingerprint density at radius 1 is 1.64 bits per heavy atom. The van der Waals surface area contributed by atoms with Crippen molar-refractivity contribution in [2.75, 3.05) is 0 Å². The van der Waals surface area contributed by atoms with Crippen molar-refractivity contribution >= 4 is 24.0 Å². The van der Waals surface area contributed by atoms with E-state index in [2.05, 4.69) is 10.1 Å². The number of aromatic nitrogens is 3. The molecule has 0 unspecified atom stereocenters. The molecule has 0 saturated heterocycles. The minimum Gasteiger partial charge on any atom is -0.254 e. The average Bonchev–Trinajstić information content (AvgIpc) is 2.10. The second-order valence-electron chi connectivity index (χ2n) is 2.26. The standard InChI is InChI=1S/C5H8ClN3O.ClH/c1-3(2)9-4(6)7-5(10)8-9;/h3H,1-2H3,(H,8,10);1H. The predicted molar refractivity (Wildman–Crippen MR) is 45.5 cm³/mol. The molecule has 0 fully saturated rings. The van der Waals surface area contributed by atoms with Crippen LogP contribution in [-0.4, -0.2) is 14.8 Å². The Morgan fingerprint density at radius 3 is 2.36 bits per heavy atom. The van der Waals surface area contributed by atoms with Crippen molar-refractivity contribution in [1.29, 1.82) is 0 Å². The molecule has 0 aliphatic heterocycles. The van der Waals surface area contributed by atoms with Gasteiger partial charge in [0, 0.05) is 6.04 Å². The number of nitrogens with zero attached hydrogens (tertiary/aromatic N) is 2. The van der Waals surface area contributed by atoms with Crippen molar-refractivity contribution in [3.63, 3.8) is 0 Å². The summed E-state index contributed by atoms with van der Waals surface area (Å²) in [5.41, 5.74) is -0.404. The van der Waals surface area contributed by atoms with Gasteiger partial charge in [-0.1, -0.05) is 0 Å². The topological polar surface area (TPSA) is 50.7 Å². The summed E-state index contributed by atoms with van der Waals surface area (Å²) in [7, 11) is 0. The quantitative estimate of drug-likeness (QED) is 0.737. The van der Waals surface area contributed by atoms with Crippen LogP contribution in [0.4, 0.5) is 0 Å². The normalized spacial score (nSPS) is 9.82. The molecule has 1 aromatic rings. The SMILES string of the molecule is CC(C)n1[nH]c(=O)nc1Cl.Cl. The summed E-state index contributed by atoms with van der Waals surface area (Å²) in [6.45, 7) is 3.81. The number of H-pyrrole nitrogens is 1. The van der Waals surface area contributed by atoms with Crippen LogP contribution >= 0.6 is 24.0 Å². The molecule has 0 amide bonds. The minimum atomic E-state index is -0.404. The van der Waals surface area contributed by atoms with E-state index in [0.717, 1.165) is 0 Å². The molecule has 1 aromatic heterocycles. The fraction of sp³-hybridized carbons (Fsp3) is 0.600. The van der Waals surface area contributed by atoms with Crippen LogP contribution in [0.25, 0.3) is 0 Å². The number of rotatable bonds is 1. The van der Waals surface area contributed by atoms with E-state index >= 15 is 0 Å². The molecule has 1 rings (SSSR count). The van der Waals surface area contributed by atoms with E-state index in [9.17, 15) is 4.79 Å². The summed E-state index contributed by atoms with van der Waals surface area (Å²) >= 11 is 5.56. The van der Waals surface area contributed by atoms with Gasteiger partial charge in [0.25, 0.3) is 0 Å². The molecule has 64 valence electrons. The van der Waals surface area contributed by atoms with Crippen LogP contribution in [0.1, 0.15) is 19.9 Å². The van der Waals surface area contributed by atoms with Gasteiger partial charge in [-0.15, -0.1) is 12.4 Å². The molecular formula is C5H9Cl2N3O. The fourth-order valence-corrected chi connectivity index (χ4v) is 0.968. The number of aromatic amines is 1. The second kappa shape index (κ2) is 3.78. The van der Waals surface area contributed by atoms with Gasteiger partial charge in [-0.2, -0.15) is 4.98 Å². The molecule has 0 spiro atoms. The Hall–Kier alpha value is -0.480. The first-order valence-electron chi connectivity index (χ1n) is 2.95. The van der Waals surface area contributed by atoms with Crippen LogP contribution in [0.15, 0.2) is 4.79 Å². The van der Waals surface area contributed by atoms with Crippen molar-refractivity contribution in [1.82, 2.24) is 14.8 Å². The minimum absolute atomic E-state index is 0. The lowest BCUT2D eigenvalue weighted by molar-refractivity contribution is 0.528. The van der Waals surface area contributed by atoms with Gasteiger partial charge < -0.3 is 0 Å². The molecule has 4 nitrogen and oxygen atoms in total. The van der Waals surface area contributed by atoms with E-state index < -0.39 is 5.69 Å². The summed E-state index contributed by atoms with van der Waals surface area (Å²) in [5, 5.41) is 2.67. The Kier molecular flexibility index (Phi) is 3.62. The molecule has 0 saturated carbocycles. The average molecular weight is 198 g/mol. The van der Waals surface area contributed by atoms with Gasteiger partial charge in [0.1, 0.15) is 0 Å². The highest BCUT2D eigenvalue weighted by atomic mass is 35.5. The van der Waals surface area contributed by atoms with Crippen LogP contribution in [0.3, 0.4) is 0 Å². The first kappa shape index (κ1) is 10.5. The van der Waals surface area contributed by atoms with Crippen molar-refractivity contribution in [3.8, 4) is 0 Å². The summed E-state index contributed by atoms with van der Waals surface area (Å²) in [6, 6.07) is 0.141. The summed E-state index contributed by atoms with van der Waals surface area (Å²) < 4.78 is 1.50. The number of hydrogen-bond donors (Lipinski definition) is 1. The number of nitrogens with one attached hydrogen (secondary N) is 1. The van der Waals surface area contributed by atoms with Crippen LogP contribution in [0.2, 0.25) is 5.28 Å². The highest BCUT2D eigenvalue weighted by Gasteiger charge is 2.04. The molecule has 0 aliphatic carbocycles. The first-order chi connectivity index (χ1) is 4.61. The van der Waals surface area contributed by atoms with E-state index in [-0.39, 0.29) is 23.7 Å². The fourth-order valence-electron chi connectivity index (χ4n) is 0.654. The molecular weight excluding hydrogens is 189 g/mol. The number of hydrogen-bond acceptors (Lipinski definition) is 2. The van der Waals surface area contributed by atoms with E-state index in [1.807, 2.05) is 13.8 Å². The van der Waals surface area contributed by atoms with Gasteiger partial charge in [-0.25, -0.2) is 9.89 Å². The van der Waals surface area contributed by atoms with E-state index in [1.54, 1.807) is 0 Å². The molecule has 1 heterocycles. The monoisotopic (exact) mass is 197 g/mol. The lowest BCUT2D eigenvalue weighted by Crippen LogP contribution is -2.08. The van der Waals surface area contributed by atoms with Gasteiger partial charge in [-0.05, 0) is 25.4 Å². The van der Waals surface area contributed by atoms with Crippen molar-refractivity contribution in [3.05, 3.63) is 15.8 Å². The zero-order chi connectivity index (χ0) is 7.72.